The van der Waals surface area contributed by atoms with Crippen molar-refractivity contribution in [2.24, 2.45) is 0 Å². The van der Waals surface area contributed by atoms with Gasteiger partial charge in [-0.3, -0.25) is 14.7 Å². The SMILES string of the molecule is CNC(=O)CNC(=O)c1cc(F)c(-c2cn[nH]c2)nc1NCCc1cccc(F)c1. The number of H-pyrrole nitrogens is 1. The lowest BCUT2D eigenvalue weighted by Gasteiger charge is -2.13. The Morgan fingerprint density at radius 2 is 2.03 bits per heavy atom. The number of anilines is 1. The molecule has 1 aromatic carbocycles. The van der Waals surface area contributed by atoms with Crippen LogP contribution in [0.1, 0.15) is 15.9 Å². The predicted molar refractivity (Wildman–Crippen MR) is 107 cm³/mol. The van der Waals surface area contributed by atoms with Gasteiger partial charge in [0.15, 0.2) is 5.82 Å². The van der Waals surface area contributed by atoms with Crippen molar-refractivity contribution in [1.29, 1.82) is 0 Å². The zero-order valence-corrected chi connectivity index (χ0v) is 16.1. The van der Waals surface area contributed by atoms with Crippen molar-refractivity contribution in [3.05, 3.63) is 65.5 Å². The Hall–Kier alpha value is -3.82. The molecule has 0 radical (unpaired) electrons. The van der Waals surface area contributed by atoms with Crippen LogP contribution >= 0.6 is 0 Å². The van der Waals surface area contributed by atoms with Gasteiger partial charge in [-0.2, -0.15) is 5.10 Å². The molecule has 0 fully saturated rings. The van der Waals surface area contributed by atoms with Crippen molar-refractivity contribution >= 4 is 17.6 Å². The maximum Gasteiger partial charge on any atom is 0.255 e. The minimum absolute atomic E-state index is 0.0138. The first kappa shape index (κ1) is 20.9. The molecule has 0 bridgehead atoms. The first-order valence-electron chi connectivity index (χ1n) is 9.14. The smallest absolute Gasteiger partial charge is 0.255 e. The second-order valence-corrected chi connectivity index (χ2v) is 6.36. The van der Waals surface area contributed by atoms with Gasteiger partial charge in [0.1, 0.15) is 17.3 Å². The molecule has 2 aromatic heterocycles. The van der Waals surface area contributed by atoms with E-state index in [4.69, 9.17) is 0 Å². The van der Waals surface area contributed by atoms with Gasteiger partial charge in [0, 0.05) is 25.4 Å². The minimum Gasteiger partial charge on any atom is -0.369 e. The molecule has 3 aromatic rings. The molecule has 0 atom stereocenters. The maximum atomic E-state index is 14.6. The van der Waals surface area contributed by atoms with Crippen LogP contribution in [0, 0.1) is 11.6 Å². The van der Waals surface area contributed by atoms with E-state index in [2.05, 4.69) is 31.1 Å². The van der Waals surface area contributed by atoms with Crippen LogP contribution in [0.15, 0.2) is 42.7 Å². The number of likely N-dealkylation sites (N-methyl/N-ethyl adjacent to an activating group) is 1. The number of hydrogen-bond acceptors (Lipinski definition) is 5. The Labute approximate surface area is 171 Å². The highest BCUT2D eigenvalue weighted by Gasteiger charge is 2.19. The number of rotatable bonds is 8. The summed E-state index contributed by atoms with van der Waals surface area (Å²) in [5.41, 5.74) is 1.13. The summed E-state index contributed by atoms with van der Waals surface area (Å²) in [6.45, 7) is 0.0613. The lowest BCUT2D eigenvalue weighted by Crippen LogP contribution is -2.35. The lowest BCUT2D eigenvalue weighted by atomic mass is 10.1. The van der Waals surface area contributed by atoms with Gasteiger partial charge in [-0.15, -0.1) is 0 Å². The topological polar surface area (TPSA) is 112 Å². The maximum absolute atomic E-state index is 14.6. The first-order valence-corrected chi connectivity index (χ1v) is 9.14. The summed E-state index contributed by atoms with van der Waals surface area (Å²) in [5.74, 6) is -1.97. The number of pyridine rings is 1. The molecule has 0 aliphatic carbocycles. The number of amides is 2. The Morgan fingerprint density at radius 1 is 1.20 bits per heavy atom. The Bertz CT molecular complexity index is 1040. The summed E-state index contributed by atoms with van der Waals surface area (Å²) in [4.78, 5) is 28.2. The molecule has 8 nitrogen and oxygen atoms in total. The van der Waals surface area contributed by atoms with Crippen molar-refractivity contribution in [3.63, 3.8) is 0 Å². The van der Waals surface area contributed by atoms with E-state index in [0.29, 0.717) is 18.5 Å². The predicted octanol–water partition coefficient (Wildman–Crippen LogP) is 1.88. The summed E-state index contributed by atoms with van der Waals surface area (Å²) in [6, 6.07) is 7.20. The van der Waals surface area contributed by atoms with E-state index in [1.54, 1.807) is 12.1 Å². The third kappa shape index (κ3) is 5.16. The molecule has 3 rings (SSSR count). The number of carbonyl (C=O) groups excluding carboxylic acids is 2. The summed E-state index contributed by atoms with van der Waals surface area (Å²) in [5, 5.41) is 14.2. The van der Waals surface area contributed by atoms with Crippen LogP contribution in [0.25, 0.3) is 11.3 Å². The van der Waals surface area contributed by atoms with Gasteiger partial charge in [-0.25, -0.2) is 13.8 Å². The largest absolute Gasteiger partial charge is 0.369 e. The van der Waals surface area contributed by atoms with E-state index in [0.717, 1.165) is 11.6 Å². The van der Waals surface area contributed by atoms with Crippen molar-refractivity contribution in [2.75, 3.05) is 25.5 Å². The number of hydrogen-bond donors (Lipinski definition) is 4. The third-order valence-corrected chi connectivity index (χ3v) is 4.28. The number of nitrogens with zero attached hydrogens (tertiary/aromatic N) is 2. The fourth-order valence-electron chi connectivity index (χ4n) is 2.74. The van der Waals surface area contributed by atoms with Gasteiger partial charge in [0.2, 0.25) is 5.91 Å². The number of nitrogens with one attached hydrogen (secondary N) is 4. The lowest BCUT2D eigenvalue weighted by molar-refractivity contribution is -0.119. The van der Waals surface area contributed by atoms with E-state index in [-0.39, 0.29) is 29.4 Å². The van der Waals surface area contributed by atoms with Gasteiger partial charge in [0.25, 0.3) is 5.91 Å². The van der Waals surface area contributed by atoms with E-state index < -0.39 is 17.6 Å². The van der Waals surface area contributed by atoms with Gasteiger partial charge < -0.3 is 16.0 Å². The Kier molecular flexibility index (Phi) is 6.68. The molecule has 10 heteroatoms. The highest BCUT2D eigenvalue weighted by atomic mass is 19.1. The fraction of sp³-hybridized carbons (Fsp3) is 0.200. The number of benzene rings is 1. The second kappa shape index (κ2) is 9.59. The van der Waals surface area contributed by atoms with Crippen molar-refractivity contribution in [2.45, 2.75) is 6.42 Å². The molecule has 0 aliphatic heterocycles. The summed E-state index contributed by atoms with van der Waals surface area (Å²) >= 11 is 0. The monoisotopic (exact) mass is 414 g/mol. The molecule has 0 saturated carbocycles. The van der Waals surface area contributed by atoms with Crippen LogP contribution in [0.5, 0.6) is 0 Å². The quantitative estimate of drug-likeness (QED) is 0.450. The molecular weight excluding hydrogens is 394 g/mol. The average Bonchev–Trinajstić information content (AvgIpc) is 3.27. The molecule has 156 valence electrons. The minimum atomic E-state index is -0.711. The molecule has 2 heterocycles. The van der Waals surface area contributed by atoms with E-state index in [1.165, 1.54) is 31.6 Å². The fourth-order valence-corrected chi connectivity index (χ4v) is 2.74. The van der Waals surface area contributed by atoms with Crippen LogP contribution in [0.4, 0.5) is 14.6 Å². The van der Waals surface area contributed by atoms with Crippen molar-refractivity contribution in [3.8, 4) is 11.3 Å². The van der Waals surface area contributed by atoms with E-state index in [9.17, 15) is 18.4 Å². The van der Waals surface area contributed by atoms with Crippen LogP contribution in [-0.4, -0.2) is 47.1 Å². The molecule has 0 unspecified atom stereocenters. The van der Waals surface area contributed by atoms with Crippen LogP contribution < -0.4 is 16.0 Å². The van der Waals surface area contributed by atoms with E-state index in [1.807, 2.05) is 0 Å². The average molecular weight is 414 g/mol. The van der Waals surface area contributed by atoms with Gasteiger partial charge in [-0.05, 0) is 30.2 Å². The molecule has 30 heavy (non-hydrogen) atoms. The van der Waals surface area contributed by atoms with Crippen LogP contribution in [-0.2, 0) is 11.2 Å². The first-order chi connectivity index (χ1) is 14.5. The zero-order valence-electron chi connectivity index (χ0n) is 16.1. The van der Waals surface area contributed by atoms with Gasteiger partial charge >= 0.3 is 0 Å². The van der Waals surface area contributed by atoms with Crippen molar-refractivity contribution in [1.82, 2.24) is 25.8 Å². The second-order valence-electron chi connectivity index (χ2n) is 6.36. The Morgan fingerprint density at radius 3 is 2.73 bits per heavy atom. The molecule has 0 saturated heterocycles. The number of halogens is 2. The van der Waals surface area contributed by atoms with Crippen LogP contribution in [0.2, 0.25) is 0 Å². The third-order valence-electron chi connectivity index (χ3n) is 4.28. The molecular formula is C20H20F2N6O2. The molecule has 2 amide bonds. The molecule has 4 N–H and O–H groups in total. The zero-order chi connectivity index (χ0) is 21.5. The summed E-state index contributed by atoms with van der Waals surface area (Å²) in [7, 11) is 1.44. The number of aromatic amines is 1. The molecule has 0 aliphatic rings. The molecule has 0 spiro atoms. The summed E-state index contributed by atoms with van der Waals surface area (Å²) in [6.07, 6.45) is 3.34. The van der Waals surface area contributed by atoms with E-state index >= 15 is 0 Å². The normalized spacial score (nSPS) is 10.5. The highest BCUT2D eigenvalue weighted by molar-refractivity contribution is 6.00. The van der Waals surface area contributed by atoms with Gasteiger partial charge in [0.05, 0.1) is 18.3 Å². The Balaban J connectivity index is 1.83. The number of carbonyl (C=O) groups is 2. The van der Waals surface area contributed by atoms with Gasteiger partial charge in [-0.1, -0.05) is 12.1 Å². The highest BCUT2D eigenvalue weighted by Crippen LogP contribution is 2.25. The summed E-state index contributed by atoms with van der Waals surface area (Å²) < 4.78 is 28.0. The van der Waals surface area contributed by atoms with Crippen LogP contribution in [0.3, 0.4) is 0 Å². The number of aromatic nitrogens is 3. The van der Waals surface area contributed by atoms with Crippen molar-refractivity contribution < 1.29 is 18.4 Å². The standard InChI is InChI=1S/C20H20F2N6O2/c1-23-17(29)11-25-20(30)15-8-16(22)18(13-9-26-27-10-13)28-19(15)24-6-5-12-3-2-4-14(21)7-12/h2-4,7-10H,5-6,11H2,1H3,(H,23,29)(H,24,28)(H,25,30)(H,26,27).